The maximum absolute atomic E-state index is 12.5. The second kappa shape index (κ2) is 18.1. The number of unbranched alkanes of at least 4 members (excludes halogenated alkanes) is 11. The number of hydrogen-bond acceptors (Lipinski definition) is 5. The number of carbonyl (C=O) groups excluding carboxylic acids is 3. The van der Waals surface area contributed by atoms with Gasteiger partial charge in [-0.1, -0.05) is 108 Å². The molecule has 2 aromatic rings. The van der Waals surface area contributed by atoms with Gasteiger partial charge in [0.25, 0.3) is 0 Å². The van der Waals surface area contributed by atoms with E-state index in [1.165, 1.54) is 71.0 Å². The molecular formula is C31H43NO5. The van der Waals surface area contributed by atoms with Crippen LogP contribution in [0.15, 0.2) is 48.5 Å². The molecule has 0 aliphatic carbocycles. The zero-order valence-electron chi connectivity index (χ0n) is 22.6. The number of amides is 1. The van der Waals surface area contributed by atoms with Crippen LogP contribution < -0.4 is 10.1 Å². The molecule has 37 heavy (non-hydrogen) atoms. The van der Waals surface area contributed by atoms with Crippen molar-refractivity contribution in [3.05, 3.63) is 59.7 Å². The van der Waals surface area contributed by atoms with E-state index >= 15 is 0 Å². The molecule has 0 aliphatic rings. The first kappa shape index (κ1) is 30.1. The van der Waals surface area contributed by atoms with Crippen molar-refractivity contribution in [2.45, 2.75) is 90.4 Å². The van der Waals surface area contributed by atoms with E-state index < -0.39 is 11.9 Å². The lowest BCUT2D eigenvalue weighted by molar-refractivity contribution is -0.115. The van der Waals surface area contributed by atoms with Crippen LogP contribution >= 0.6 is 0 Å². The van der Waals surface area contributed by atoms with Crippen molar-refractivity contribution in [3.63, 3.8) is 0 Å². The van der Waals surface area contributed by atoms with E-state index in [0.29, 0.717) is 29.2 Å². The minimum absolute atomic E-state index is 0.282. The molecule has 2 aromatic carbocycles. The van der Waals surface area contributed by atoms with Gasteiger partial charge in [0.15, 0.2) is 5.78 Å². The SMILES string of the molecule is CCCCCCCCCCCCCCOC(=O)c1ccc(OC)c(NC(=O)CC(=O)c2ccccc2)c1. The highest BCUT2D eigenvalue weighted by atomic mass is 16.5. The number of rotatable bonds is 19. The van der Waals surface area contributed by atoms with Crippen LogP contribution in [0.5, 0.6) is 5.75 Å². The van der Waals surface area contributed by atoms with Crippen LogP contribution in [0.3, 0.4) is 0 Å². The molecule has 0 radical (unpaired) electrons. The highest BCUT2D eigenvalue weighted by Gasteiger charge is 2.16. The van der Waals surface area contributed by atoms with Gasteiger partial charge in [-0.05, 0) is 24.6 Å². The van der Waals surface area contributed by atoms with Gasteiger partial charge in [0.05, 0.1) is 31.4 Å². The Morgan fingerprint density at radius 3 is 1.92 bits per heavy atom. The van der Waals surface area contributed by atoms with E-state index in [2.05, 4.69) is 12.2 Å². The number of anilines is 1. The van der Waals surface area contributed by atoms with Gasteiger partial charge in [0, 0.05) is 5.56 Å². The van der Waals surface area contributed by atoms with Crippen LogP contribution in [0.2, 0.25) is 0 Å². The largest absolute Gasteiger partial charge is 0.495 e. The number of hydrogen-bond donors (Lipinski definition) is 1. The summed E-state index contributed by atoms with van der Waals surface area (Å²) in [6, 6.07) is 13.4. The Hall–Kier alpha value is -3.15. The number of carbonyl (C=O) groups is 3. The third-order valence-electron chi connectivity index (χ3n) is 6.36. The number of ether oxygens (including phenoxy) is 2. The molecule has 0 aromatic heterocycles. The molecular weight excluding hydrogens is 466 g/mol. The lowest BCUT2D eigenvalue weighted by atomic mass is 10.1. The number of nitrogens with one attached hydrogen (secondary N) is 1. The van der Waals surface area contributed by atoms with Gasteiger partial charge >= 0.3 is 5.97 Å². The van der Waals surface area contributed by atoms with E-state index in [-0.39, 0.29) is 12.2 Å². The van der Waals surface area contributed by atoms with Crippen molar-refractivity contribution >= 4 is 23.3 Å². The van der Waals surface area contributed by atoms with Crippen molar-refractivity contribution in [1.29, 1.82) is 0 Å². The lowest BCUT2D eigenvalue weighted by Crippen LogP contribution is -2.17. The van der Waals surface area contributed by atoms with Crippen molar-refractivity contribution in [2.75, 3.05) is 19.0 Å². The fourth-order valence-electron chi connectivity index (χ4n) is 4.19. The van der Waals surface area contributed by atoms with Crippen molar-refractivity contribution in [3.8, 4) is 5.75 Å². The molecule has 0 saturated carbocycles. The Morgan fingerprint density at radius 1 is 0.730 bits per heavy atom. The summed E-state index contributed by atoms with van der Waals surface area (Å²) < 4.78 is 10.7. The molecule has 6 nitrogen and oxygen atoms in total. The molecule has 0 spiro atoms. The van der Waals surface area contributed by atoms with Crippen LogP contribution in [0, 0.1) is 0 Å². The smallest absolute Gasteiger partial charge is 0.338 e. The molecule has 0 heterocycles. The highest BCUT2D eigenvalue weighted by Crippen LogP contribution is 2.26. The number of esters is 1. The number of Topliss-reactive ketones (excluding diaryl/α,β-unsaturated/α-hetero) is 1. The molecule has 0 bridgehead atoms. The number of methoxy groups -OCH3 is 1. The Kier molecular flexibility index (Phi) is 14.8. The third-order valence-corrected chi connectivity index (χ3v) is 6.36. The quantitative estimate of drug-likeness (QED) is 0.0905. The van der Waals surface area contributed by atoms with Crippen molar-refractivity contribution in [1.82, 2.24) is 0 Å². The maximum atomic E-state index is 12.5. The molecule has 202 valence electrons. The second-order valence-corrected chi connectivity index (χ2v) is 9.45. The maximum Gasteiger partial charge on any atom is 0.338 e. The molecule has 0 aliphatic heterocycles. The van der Waals surface area contributed by atoms with E-state index in [4.69, 9.17) is 9.47 Å². The predicted octanol–water partition coefficient (Wildman–Crippen LogP) is 7.76. The summed E-state index contributed by atoms with van der Waals surface area (Å²) in [7, 11) is 1.48. The number of benzene rings is 2. The predicted molar refractivity (Wildman–Crippen MR) is 148 cm³/mol. The fourth-order valence-corrected chi connectivity index (χ4v) is 4.19. The first-order valence-corrected chi connectivity index (χ1v) is 13.8. The average molecular weight is 510 g/mol. The molecule has 6 heteroatoms. The average Bonchev–Trinajstić information content (AvgIpc) is 2.91. The van der Waals surface area contributed by atoms with Crippen molar-refractivity contribution in [2.24, 2.45) is 0 Å². The van der Waals surface area contributed by atoms with Crippen LogP contribution in [-0.2, 0) is 9.53 Å². The normalized spacial score (nSPS) is 10.6. The van der Waals surface area contributed by atoms with E-state index in [9.17, 15) is 14.4 Å². The van der Waals surface area contributed by atoms with Crippen LogP contribution in [0.25, 0.3) is 0 Å². The summed E-state index contributed by atoms with van der Waals surface area (Å²) in [5.74, 6) is -0.802. The summed E-state index contributed by atoms with van der Waals surface area (Å²) in [5, 5.41) is 2.68. The Morgan fingerprint density at radius 2 is 1.32 bits per heavy atom. The molecule has 1 N–H and O–H groups in total. The van der Waals surface area contributed by atoms with Crippen molar-refractivity contribution < 1.29 is 23.9 Å². The fraction of sp³-hybridized carbons (Fsp3) is 0.516. The van der Waals surface area contributed by atoms with Gasteiger partial charge < -0.3 is 14.8 Å². The monoisotopic (exact) mass is 509 g/mol. The minimum atomic E-state index is -0.478. The highest BCUT2D eigenvalue weighted by molar-refractivity contribution is 6.11. The second-order valence-electron chi connectivity index (χ2n) is 9.45. The van der Waals surface area contributed by atoms with Gasteiger partial charge in [-0.3, -0.25) is 9.59 Å². The molecule has 2 rings (SSSR count). The van der Waals surface area contributed by atoms with Gasteiger partial charge in [0.2, 0.25) is 5.91 Å². The minimum Gasteiger partial charge on any atom is -0.495 e. The molecule has 0 atom stereocenters. The van der Waals surface area contributed by atoms with Crippen LogP contribution in [0.1, 0.15) is 111 Å². The van der Waals surface area contributed by atoms with E-state index in [0.717, 1.165) is 19.3 Å². The van der Waals surface area contributed by atoms with Gasteiger partial charge in [0.1, 0.15) is 5.75 Å². The topological polar surface area (TPSA) is 81.7 Å². The zero-order valence-corrected chi connectivity index (χ0v) is 22.6. The van der Waals surface area contributed by atoms with Gasteiger partial charge in [-0.2, -0.15) is 0 Å². The lowest BCUT2D eigenvalue weighted by Gasteiger charge is -2.12. The standard InChI is InChI=1S/C31H43NO5/c1-3-4-5-6-7-8-9-10-11-12-13-17-22-37-31(35)26-20-21-29(36-2)27(23-26)32-30(34)24-28(33)25-18-15-14-16-19-25/h14-16,18-21,23H,3-13,17,22,24H2,1-2H3,(H,32,34). The van der Waals surface area contributed by atoms with E-state index in [1.807, 2.05) is 6.07 Å². The summed E-state index contributed by atoms with van der Waals surface area (Å²) in [6.45, 7) is 2.62. The first-order chi connectivity index (χ1) is 18.0. The zero-order chi connectivity index (χ0) is 26.7. The Bertz CT molecular complexity index is 957. The first-order valence-electron chi connectivity index (χ1n) is 13.8. The molecule has 0 saturated heterocycles. The van der Waals surface area contributed by atoms with Gasteiger partial charge in [-0.25, -0.2) is 4.79 Å². The van der Waals surface area contributed by atoms with E-state index in [1.54, 1.807) is 36.4 Å². The Balaban J connectivity index is 1.68. The summed E-state index contributed by atoms with van der Waals surface area (Å²) >= 11 is 0. The third kappa shape index (κ3) is 12.1. The molecule has 0 unspecified atom stereocenters. The summed E-state index contributed by atoms with van der Waals surface area (Å²) in [6.07, 6.45) is 14.7. The van der Waals surface area contributed by atoms with Crippen LogP contribution in [0.4, 0.5) is 5.69 Å². The molecule has 1 amide bonds. The summed E-state index contributed by atoms with van der Waals surface area (Å²) in [4.78, 5) is 37.3. The molecule has 0 fully saturated rings. The summed E-state index contributed by atoms with van der Waals surface area (Å²) in [5.41, 5.74) is 1.12. The van der Waals surface area contributed by atoms with Crippen LogP contribution in [-0.4, -0.2) is 31.4 Å². The Labute approximate surface area is 222 Å². The number of ketones is 1. The van der Waals surface area contributed by atoms with Gasteiger partial charge in [-0.15, -0.1) is 0 Å².